The smallest absolute Gasteiger partial charge is 0.120 e. The monoisotopic (exact) mass is 428 g/mol. The van der Waals surface area contributed by atoms with E-state index in [0.29, 0.717) is 0 Å². The maximum Gasteiger partial charge on any atom is 0.120 e. The number of rotatable bonds is 11. The Labute approximate surface area is 171 Å². The van der Waals surface area contributed by atoms with E-state index in [1.165, 1.54) is 0 Å². The summed E-state index contributed by atoms with van der Waals surface area (Å²) < 4.78 is 10.5. The molecule has 0 aliphatic rings. The minimum atomic E-state index is 0.806. The van der Waals surface area contributed by atoms with Crippen LogP contribution in [0.25, 0.3) is 0 Å². The van der Waals surface area contributed by atoms with Gasteiger partial charge < -0.3 is 20.9 Å². The van der Waals surface area contributed by atoms with Crippen molar-refractivity contribution in [1.82, 2.24) is 0 Å². The van der Waals surface area contributed by atoms with Crippen LogP contribution < -0.4 is 20.9 Å². The number of hydrogen-bond acceptors (Lipinski definition) is 8. The van der Waals surface area contributed by atoms with Gasteiger partial charge in [0.15, 0.2) is 0 Å². The van der Waals surface area contributed by atoms with Gasteiger partial charge in [-0.05, 0) is 36.4 Å². The van der Waals surface area contributed by atoms with Crippen LogP contribution in [-0.2, 0) is 0 Å². The molecule has 0 atom stereocenters. The molecule has 0 saturated carbocycles. The van der Waals surface area contributed by atoms with Crippen LogP contribution in [-0.4, -0.2) is 37.2 Å². The highest BCUT2D eigenvalue weighted by atomic mass is 33.1. The summed E-state index contributed by atoms with van der Waals surface area (Å²) in [4.78, 5) is 2.16. The van der Waals surface area contributed by atoms with Gasteiger partial charge in [0.1, 0.15) is 11.5 Å². The second kappa shape index (κ2) is 11.7. The molecular weight excluding hydrogens is 404 g/mol. The van der Waals surface area contributed by atoms with Crippen molar-refractivity contribution in [3.8, 4) is 11.5 Å². The Morgan fingerprint density at radius 3 is 1.50 bits per heavy atom. The predicted octanol–water partition coefficient (Wildman–Crippen LogP) is 5.13. The summed E-state index contributed by atoms with van der Waals surface area (Å²) >= 11 is 3.54. The molecule has 0 radical (unpaired) electrons. The van der Waals surface area contributed by atoms with E-state index >= 15 is 0 Å². The minimum absolute atomic E-state index is 0.806. The first-order chi connectivity index (χ1) is 12.6. The lowest BCUT2D eigenvalue weighted by atomic mass is 10.3. The standard InChI is InChI=1S/C18H24N2O2S4/c1-21-13-3-5-15(19)17(11-13)23-7-9-25-26-10-8-24-18-12-14(22-2)4-6-16(18)20/h3-6,11-12H,7-10,19-20H2,1-2H3. The van der Waals surface area contributed by atoms with Crippen LogP contribution in [0.15, 0.2) is 46.2 Å². The first kappa shape index (κ1) is 21.3. The third-order valence-electron chi connectivity index (χ3n) is 3.37. The van der Waals surface area contributed by atoms with Crippen LogP contribution in [0.5, 0.6) is 11.5 Å². The van der Waals surface area contributed by atoms with E-state index in [-0.39, 0.29) is 0 Å². The highest BCUT2D eigenvalue weighted by molar-refractivity contribution is 8.76. The molecule has 0 aromatic heterocycles. The van der Waals surface area contributed by atoms with Gasteiger partial charge in [0, 0.05) is 44.2 Å². The third-order valence-corrected chi connectivity index (χ3v) is 8.44. The summed E-state index contributed by atoms with van der Waals surface area (Å²) in [6, 6.07) is 11.5. The van der Waals surface area contributed by atoms with E-state index in [0.717, 1.165) is 55.7 Å². The quantitative estimate of drug-likeness (QED) is 0.221. The molecule has 0 spiro atoms. The highest BCUT2D eigenvalue weighted by Crippen LogP contribution is 2.33. The Balaban J connectivity index is 1.60. The van der Waals surface area contributed by atoms with Crippen molar-refractivity contribution in [2.45, 2.75) is 9.79 Å². The summed E-state index contributed by atoms with van der Waals surface area (Å²) in [5, 5.41) is 0. The normalized spacial score (nSPS) is 10.7. The maximum atomic E-state index is 6.00. The molecule has 4 N–H and O–H groups in total. The van der Waals surface area contributed by atoms with Crippen molar-refractivity contribution in [3.63, 3.8) is 0 Å². The van der Waals surface area contributed by atoms with Gasteiger partial charge >= 0.3 is 0 Å². The average Bonchev–Trinajstić information content (AvgIpc) is 2.66. The van der Waals surface area contributed by atoms with Crippen molar-refractivity contribution in [3.05, 3.63) is 36.4 Å². The fourth-order valence-electron chi connectivity index (χ4n) is 2.02. The van der Waals surface area contributed by atoms with Gasteiger partial charge in [-0.2, -0.15) is 0 Å². The summed E-state index contributed by atoms with van der Waals surface area (Å²) in [5.74, 6) is 5.86. The Morgan fingerprint density at radius 1 is 0.692 bits per heavy atom. The van der Waals surface area contributed by atoms with Crippen molar-refractivity contribution >= 4 is 56.5 Å². The van der Waals surface area contributed by atoms with Crippen LogP contribution in [0.3, 0.4) is 0 Å². The summed E-state index contributed by atoms with van der Waals surface area (Å²) in [7, 11) is 7.12. The van der Waals surface area contributed by atoms with Gasteiger partial charge in [-0.3, -0.25) is 0 Å². The lowest BCUT2D eigenvalue weighted by Crippen LogP contribution is -1.93. The minimum Gasteiger partial charge on any atom is -0.497 e. The van der Waals surface area contributed by atoms with Crippen LogP contribution in [0.2, 0.25) is 0 Å². The van der Waals surface area contributed by atoms with Gasteiger partial charge in [0.05, 0.1) is 14.2 Å². The number of nitrogens with two attached hydrogens (primary N) is 2. The van der Waals surface area contributed by atoms with Crippen molar-refractivity contribution in [2.75, 3.05) is 48.7 Å². The fraction of sp³-hybridized carbons (Fsp3) is 0.333. The zero-order valence-corrected chi connectivity index (χ0v) is 18.2. The second-order valence-corrected chi connectivity index (χ2v) is 10.1. The summed E-state index contributed by atoms with van der Waals surface area (Å²) in [5.41, 5.74) is 13.6. The van der Waals surface area contributed by atoms with Crippen molar-refractivity contribution < 1.29 is 9.47 Å². The Morgan fingerprint density at radius 2 is 1.12 bits per heavy atom. The molecule has 8 heteroatoms. The third kappa shape index (κ3) is 6.98. The predicted molar refractivity (Wildman–Crippen MR) is 121 cm³/mol. The number of anilines is 2. The van der Waals surface area contributed by atoms with E-state index < -0.39 is 0 Å². The van der Waals surface area contributed by atoms with Gasteiger partial charge in [-0.25, -0.2) is 0 Å². The number of thioether (sulfide) groups is 2. The van der Waals surface area contributed by atoms with E-state index in [2.05, 4.69) is 0 Å². The number of nitrogen functional groups attached to an aromatic ring is 2. The molecule has 0 aliphatic carbocycles. The van der Waals surface area contributed by atoms with Crippen LogP contribution in [0, 0.1) is 0 Å². The molecule has 4 nitrogen and oxygen atoms in total. The van der Waals surface area contributed by atoms with Gasteiger partial charge in [0.2, 0.25) is 0 Å². The van der Waals surface area contributed by atoms with Crippen LogP contribution in [0.1, 0.15) is 0 Å². The molecule has 0 amide bonds. The lowest BCUT2D eigenvalue weighted by Gasteiger charge is -2.08. The van der Waals surface area contributed by atoms with Gasteiger partial charge in [-0.1, -0.05) is 21.6 Å². The van der Waals surface area contributed by atoms with E-state index in [9.17, 15) is 0 Å². The average molecular weight is 429 g/mol. The summed E-state index contributed by atoms with van der Waals surface area (Å²) in [6.07, 6.45) is 0. The molecule has 26 heavy (non-hydrogen) atoms. The van der Waals surface area contributed by atoms with Crippen molar-refractivity contribution in [1.29, 1.82) is 0 Å². The van der Waals surface area contributed by atoms with Gasteiger partial charge in [-0.15, -0.1) is 23.5 Å². The molecule has 0 fully saturated rings. The van der Waals surface area contributed by atoms with Gasteiger partial charge in [0.25, 0.3) is 0 Å². The largest absolute Gasteiger partial charge is 0.497 e. The highest BCUT2D eigenvalue weighted by Gasteiger charge is 2.04. The Kier molecular flexibility index (Phi) is 9.60. The number of hydrogen-bond donors (Lipinski definition) is 2. The molecule has 0 unspecified atom stereocenters. The number of methoxy groups -OCH3 is 2. The Bertz CT molecular complexity index is 641. The lowest BCUT2D eigenvalue weighted by molar-refractivity contribution is 0.413. The maximum absolute atomic E-state index is 6.00. The first-order valence-corrected chi connectivity index (χ1v) is 12.5. The van der Waals surface area contributed by atoms with E-state index in [1.807, 2.05) is 58.0 Å². The molecule has 0 bridgehead atoms. The van der Waals surface area contributed by atoms with E-state index in [4.69, 9.17) is 20.9 Å². The van der Waals surface area contributed by atoms with Crippen molar-refractivity contribution in [2.24, 2.45) is 0 Å². The zero-order chi connectivity index (χ0) is 18.8. The molecule has 0 saturated heterocycles. The molecule has 2 aromatic rings. The zero-order valence-electron chi connectivity index (χ0n) is 14.9. The molecule has 2 rings (SSSR count). The summed E-state index contributed by atoms with van der Waals surface area (Å²) in [6.45, 7) is 0. The molecule has 142 valence electrons. The SMILES string of the molecule is COc1ccc(N)c(SCCSSCCSc2cc(OC)ccc2N)c1. The van der Waals surface area contributed by atoms with Crippen LogP contribution >= 0.6 is 45.1 Å². The molecule has 0 aliphatic heterocycles. The Hall–Kier alpha value is -0.960. The van der Waals surface area contributed by atoms with Crippen LogP contribution in [0.4, 0.5) is 11.4 Å². The number of benzene rings is 2. The van der Waals surface area contributed by atoms with E-state index in [1.54, 1.807) is 37.7 Å². The first-order valence-electron chi connectivity index (χ1n) is 8.01. The number of ether oxygens (including phenoxy) is 2. The molecule has 0 heterocycles. The second-order valence-electron chi connectivity index (χ2n) is 5.15. The molecule has 2 aromatic carbocycles. The molecular formula is C18H24N2O2S4. The topological polar surface area (TPSA) is 70.5 Å². The fourth-order valence-corrected chi connectivity index (χ4v) is 6.71.